The van der Waals surface area contributed by atoms with Crippen LogP contribution in [0.1, 0.15) is 18.3 Å². The monoisotopic (exact) mass is 444 g/mol. The molecule has 0 radical (unpaired) electrons. The number of hydrogen-bond donors (Lipinski definition) is 2. The number of imidazole rings is 1. The van der Waals surface area contributed by atoms with E-state index in [1.54, 1.807) is 12.1 Å². The summed E-state index contributed by atoms with van der Waals surface area (Å²) in [5.74, 6) is -2.29. The molecule has 0 spiro atoms. The highest BCUT2D eigenvalue weighted by molar-refractivity contribution is 6.36. The van der Waals surface area contributed by atoms with Gasteiger partial charge in [0, 0.05) is 10.6 Å². The first-order valence-corrected chi connectivity index (χ1v) is 8.87. The Balaban J connectivity index is 1.86. The maximum Gasteiger partial charge on any atom is 0.449 e. The predicted octanol–water partition coefficient (Wildman–Crippen LogP) is 4.61. The number of alkyl halides is 3. The van der Waals surface area contributed by atoms with E-state index in [4.69, 9.17) is 23.2 Å². The third kappa shape index (κ3) is 4.46. The number of phenolic OH excluding ortho intramolecular Hbond substituents is 1. The summed E-state index contributed by atoms with van der Waals surface area (Å²) in [5.41, 5.74) is 2.78. The molecule has 11 heteroatoms. The molecular weight excluding hydrogens is 432 g/mol. The van der Waals surface area contributed by atoms with Crippen molar-refractivity contribution in [2.24, 2.45) is 5.10 Å². The molecule has 2 aromatic carbocycles. The first-order chi connectivity index (χ1) is 13.6. The molecule has 2 N–H and O–H groups in total. The van der Waals surface area contributed by atoms with Crippen molar-refractivity contribution in [3.05, 3.63) is 57.8 Å². The Morgan fingerprint density at radius 2 is 1.97 bits per heavy atom. The Bertz CT molecular complexity index is 1130. The van der Waals surface area contributed by atoms with E-state index in [9.17, 15) is 23.1 Å². The molecule has 0 saturated heterocycles. The van der Waals surface area contributed by atoms with Gasteiger partial charge in [-0.05, 0) is 31.2 Å². The lowest BCUT2D eigenvalue weighted by Crippen LogP contribution is -2.27. The number of phenols is 1. The lowest BCUT2D eigenvalue weighted by molar-refractivity contribution is -0.147. The molecule has 0 aliphatic rings. The normalized spacial score (nSPS) is 12.4. The second-order valence-corrected chi connectivity index (χ2v) is 6.87. The molecule has 0 atom stereocenters. The summed E-state index contributed by atoms with van der Waals surface area (Å²) >= 11 is 11.7. The van der Waals surface area contributed by atoms with Crippen molar-refractivity contribution in [2.75, 3.05) is 0 Å². The number of aromatic hydroxyl groups is 1. The number of rotatable bonds is 4. The number of para-hydroxylation sites is 2. The van der Waals surface area contributed by atoms with Crippen molar-refractivity contribution in [3.63, 3.8) is 0 Å². The summed E-state index contributed by atoms with van der Waals surface area (Å²) < 4.78 is 40.7. The number of hydrogen-bond acceptors (Lipinski definition) is 4. The van der Waals surface area contributed by atoms with Crippen LogP contribution in [0.25, 0.3) is 11.0 Å². The number of carbonyl (C=O) groups is 1. The summed E-state index contributed by atoms with van der Waals surface area (Å²) in [4.78, 5) is 15.8. The highest BCUT2D eigenvalue weighted by atomic mass is 35.5. The van der Waals surface area contributed by atoms with Gasteiger partial charge in [-0.1, -0.05) is 35.3 Å². The van der Waals surface area contributed by atoms with Crippen LogP contribution >= 0.6 is 23.2 Å². The van der Waals surface area contributed by atoms with Gasteiger partial charge in [0.05, 0.1) is 21.8 Å². The van der Waals surface area contributed by atoms with Gasteiger partial charge >= 0.3 is 6.18 Å². The van der Waals surface area contributed by atoms with Crippen LogP contribution in [0.3, 0.4) is 0 Å². The second kappa shape index (κ2) is 7.92. The average molecular weight is 445 g/mol. The zero-order valence-electron chi connectivity index (χ0n) is 14.8. The third-order valence-electron chi connectivity index (χ3n) is 3.98. The van der Waals surface area contributed by atoms with Crippen LogP contribution in [0.4, 0.5) is 13.2 Å². The van der Waals surface area contributed by atoms with E-state index in [0.29, 0.717) is 0 Å². The first-order valence-electron chi connectivity index (χ1n) is 8.12. The number of halogens is 5. The van der Waals surface area contributed by atoms with Crippen molar-refractivity contribution < 1.29 is 23.1 Å². The summed E-state index contributed by atoms with van der Waals surface area (Å²) in [6.45, 7) is 0.810. The molecular formula is C18H13Cl2F3N4O2. The Kier molecular flexibility index (Phi) is 5.72. The van der Waals surface area contributed by atoms with Crippen LogP contribution < -0.4 is 5.43 Å². The van der Waals surface area contributed by atoms with Gasteiger partial charge in [-0.3, -0.25) is 4.79 Å². The molecule has 1 heterocycles. The van der Waals surface area contributed by atoms with Crippen LogP contribution in [0.2, 0.25) is 10.0 Å². The third-order valence-corrected chi connectivity index (χ3v) is 4.48. The molecule has 1 amide bonds. The first kappa shape index (κ1) is 20.9. The van der Waals surface area contributed by atoms with Crippen LogP contribution in [0.15, 0.2) is 41.5 Å². The average Bonchev–Trinajstić information content (AvgIpc) is 3.01. The van der Waals surface area contributed by atoms with Gasteiger partial charge in [0.15, 0.2) is 0 Å². The van der Waals surface area contributed by atoms with Gasteiger partial charge in [0.25, 0.3) is 5.91 Å². The number of benzene rings is 2. The predicted molar refractivity (Wildman–Crippen MR) is 103 cm³/mol. The van der Waals surface area contributed by atoms with E-state index in [1.165, 1.54) is 31.2 Å². The van der Waals surface area contributed by atoms with E-state index in [1.807, 2.05) is 0 Å². The molecule has 3 rings (SSSR count). The minimum atomic E-state index is -4.73. The van der Waals surface area contributed by atoms with Gasteiger partial charge in [-0.25, -0.2) is 10.4 Å². The largest absolute Gasteiger partial charge is 0.506 e. The minimum absolute atomic E-state index is 0.00641. The number of nitrogens with zero attached hydrogens (tertiary/aromatic N) is 3. The molecule has 29 heavy (non-hydrogen) atoms. The quantitative estimate of drug-likeness (QED) is 0.455. The number of aromatic nitrogens is 2. The fourth-order valence-electron chi connectivity index (χ4n) is 2.68. The Morgan fingerprint density at radius 1 is 1.28 bits per heavy atom. The Morgan fingerprint density at radius 3 is 2.66 bits per heavy atom. The highest BCUT2D eigenvalue weighted by Gasteiger charge is 2.38. The molecule has 1 aromatic heterocycles. The number of fused-ring (bicyclic) bond motifs is 1. The van der Waals surface area contributed by atoms with Crippen LogP contribution in [-0.2, 0) is 17.5 Å². The zero-order chi connectivity index (χ0) is 21.3. The molecule has 0 aliphatic carbocycles. The minimum Gasteiger partial charge on any atom is -0.506 e. The van der Waals surface area contributed by atoms with Crippen LogP contribution in [-0.4, -0.2) is 26.3 Å². The lowest BCUT2D eigenvalue weighted by Gasteiger charge is -2.11. The molecule has 0 unspecified atom stereocenters. The fourth-order valence-corrected chi connectivity index (χ4v) is 3.17. The van der Waals surface area contributed by atoms with Gasteiger partial charge in [-0.2, -0.15) is 18.3 Å². The zero-order valence-corrected chi connectivity index (χ0v) is 16.3. The van der Waals surface area contributed by atoms with E-state index in [2.05, 4.69) is 15.5 Å². The van der Waals surface area contributed by atoms with Gasteiger partial charge in [-0.15, -0.1) is 0 Å². The molecule has 0 aliphatic heterocycles. The molecule has 152 valence electrons. The smallest absolute Gasteiger partial charge is 0.449 e. The van der Waals surface area contributed by atoms with Crippen molar-refractivity contribution in [1.82, 2.24) is 15.0 Å². The van der Waals surface area contributed by atoms with Crippen molar-refractivity contribution >= 4 is 45.9 Å². The number of nitrogens with one attached hydrogen (secondary N) is 1. The second-order valence-electron chi connectivity index (χ2n) is 6.02. The van der Waals surface area contributed by atoms with Gasteiger partial charge in [0.1, 0.15) is 12.3 Å². The van der Waals surface area contributed by atoms with E-state index in [0.717, 1.165) is 4.57 Å². The molecule has 6 nitrogen and oxygen atoms in total. The van der Waals surface area contributed by atoms with Crippen molar-refractivity contribution in [3.8, 4) is 5.75 Å². The standard InChI is InChI=1S/C18H13Cl2F3N4O2/c1-9(11-6-10(19)7-12(20)16(11)29)25-26-15(28)8-27-14-5-3-2-4-13(14)24-17(27)18(21,22)23/h2-7,29H,8H2,1H3,(H,26,28)/b25-9+. The van der Waals surface area contributed by atoms with E-state index in [-0.39, 0.29) is 38.1 Å². The maximum atomic E-state index is 13.3. The molecule has 3 aromatic rings. The van der Waals surface area contributed by atoms with Gasteiger partial charge in [0.2, 0.25) is 5.82 Å². The fraction of sp³-hybridized carbons (Fsp3) is 0.167. The topological polar surface area (TPSA) is 79.5 Å². The molecule has 0 bridgehead atoms. The lowest BCUT2D eigenvalue weighted by atomic mass is 10.1. The number of amides is 1. The van der Waals surface area contributed by atoms with Crippen molar-refractivity contribution in [2.45, 2.75) is 19.6 Å². The van der Waals surface area contributed by atoms with Crippen LogP contribution in [0.5, 0.6) is 5.75 Å². The van der Waals surface area contributed by atoms with E-state index >= 15 is 0 Å². The summed E-state index contributed by atoms with van der Waals surface area (Å²) in [7, 11) is 0. The number of hydrazone groups is 1. The van der Waals surface area contributed by atoms with Gasteiger partial charge < -0.3 is 9.67 Å². The molecule has 0 fully saturated rings. The highest BCUT2D eigenvalue weighted by Crippen LogP contribution is 2.32. The van der Waals surface area contributed by atoms with Crippen LogP contribution in [0, 0.1) is 0 Å². The number of carbonyl (C=O) groups excluding carboxylic acids is 1. The van der Waals surface area contributed by atoms with Crippen molar-refractivity contribution in [1.29, 1.82) is 0 Å². The maximum absolute atomic E-state index is 13.3. The molecule has 0 saturated carbocycles. The summed E-state index contributed by atoms with van der Waals surface area (Å²) in [6, 6.07) is 8.68. The summed E-state index contributed by atoms with van der Waals surface area (Å²) in [6.07, 6.45) is -4.73. The SMILES string of the molecule is C/C(=N\NC(=O)Cn1c(C(F)(F)F)nc2ccccc21)c1cc(Cl)cc(Cl)c1O. The summed E-state index contributed by atoms with van der Waals surface area (Å²) in [5, 5.41) is 14.0. The Labute approximate surface area is 172 Å². The Hall–Kier alpha value is -2.78. The van der Waals surface area contributed by atoms with E-state index < -0.39 is 24.5 Å².